The average molecular weight is 266 g/mol. The number of hydrogen-bond acceptors (Lipinski definition) is 3. The number of nitrogens with one attached hydrogen (secondary N) is 2. The third kappa shape index (κ3) is 2.54. The van der Waals surface area contributed by atoms with Crippen LogP contribution in [0, 0.1) is 4.64 Å². The molecule has 0 fully saturated rings. The molecule has 0 aliphatic rings. The van der Waals surface area contributed by atoms with Gasteiger partial charge in [-0.3, -0.25) is 4.57 Å². The van der Waals surface area contributed by atoms with E-state index in [0.29, 0.717) is 11.2 Å². The van der Waals surface area contributed by atoms with Crippen LogP contribution in [-0.2, 0) is 6.54 Å². The van der Waals surface area contributed by atoms with Gasteiger partial charge in [-0.25, -0.2) is 4.79 Å². The predicted molar refractivity (Wildman–Crippen MR) is 75.5 cm³/mol. The fraction of sp³-hybridized carbons (Fsp3) is 0.500. The van der Waals surface area contributed by atoms with Gasteiger partial charge in [-0.05, 0) is 25.2 Å². The number of H-pyrrole nitrogens is 2. The molecule has 2 aromatic rings. The van der Waals surface area contributed by atoms with Crippen LogP contribution >= 0.6 is 12.2 Å². The number of hydrogen-bond donors (Lipinski definition) is 2. The van der Waals surface area contributed by atoms with Crippen LogP contribution in [0.5, 0.6) is 0 Å². The number of pyridine rings is 1. The Morgan fingerprint density at radius 3 is 2.67 bits per heavy atom. The van der Waals surface area contributed by atoms with Crippen molar-refractivity contribution >= 4 is 23.4 Å². The second-order valence-electron chi connectivity index (χ2n) is 4.19. The van der Waals surface area contributed by atoms with Crippen LogP contribution in [0.15, 0.2) is 16.9 Å². The zero-order chi connectivity index (χ0) is 13.1. The van der Waals surface area contributed by atoms with E-state index < -0.39 is 0 Å². The minimum absolute atomic E-state index is 0.0889. The van der Waals surface area contributed by atoms with Gasteiger partial charge in [0, 0.05) is 13.1 Å². The second kappa shape index (κ2) is 5.49. The first-order valence-electron chi connectivity index (χ1n) is 6.20. The standard InChI is InChI=1S/C12H18N4OS/c1-3-15(4-2)7-8-16-11-9(13-12(16)17)5-6-10(18)14-11/h5-6H,3-4,7-8H2,1-2H3,(H,13,17)(H,14,18). The molecule has 0 aliphatic heterocycles. The lowest BCUT2D eigenvalue weighted by Crippen LogP contribution is -2.30. The summed E-state index contributed by atoms with van der Waals surface area (Å²) >= 11 is 5.09. The van der Waals surface area contributed by atoms with Gasteiger partial charge in [0.15, 0.2) is 0 Å². The van der Waals surface area contributed by atoms with Gasteiger partial charge in [-0.2, -0.15) is 0 Å². The maximum atomic E-state index is 11.9. The van der Waals surface area contributed by atoms with E-state index in [2.05, 4.69) is 28.7 Å². The monoisotopic (exact) mass is 266 g/mol. The van der Waals surface area contributed by atoms with E-state index in [4.69, 9.17) is 12.2 Å². The molecule has 0 amide bonds. The number of rotatable bonds is 5. The van der Waals surface area contributed by atoms with Gasteiger partial charge in [0.25, 0.3) is 0 Å². The number of aromatic amines is 2. The van der Waals surface area contributed by atoms with Crippen LogP contribution < -0.4 is 5.69 Å². The first kappa shape index (κ1) is 13.0. The zero-order valence-corrected chi connectivity index (χ0v) is 11.5. The Kier molecular flexibility index (Phi) is 3.98. The molecule has 0 saturated carbocycles. The average Bonchev–Trinajstić information content (AvgIpc) is 2.66. The van der Waals surface area contributed by atoms with E-state index in [1.54, 1.807) is 10.6 Å². The summed E-state index contributed by atoms with van der Waals surface area (Å²) in [5.74, 6) is 0. The summed E-state index contributed by atoms with van der Waals surface area (Å²) in [5, 5.41) is 0. The Balaban J connectivity index is 2.32. The number of fused-ring (bicyclic) bond motifs is 1. The van der Waals surface area contributed by atoms with E-state index in [-0.39, 0.29) is 5.69 Å². The first-order valence-corrected chi connectivity index (χ1v) is 6.60. The van der Waals surface area contributed by atoms with Crippen LogP contribution in [0.25, 0.3) is 11.2 Å². The molecule has 0 spiro atoms. The van der Waals surface area contributed by atoms with Crippen molar-refractivity contribution in [3.63, 3.8) is 0 Å². The van der Waals surface area contributed by atoms with Crippen LogP contribution in [-0.4, -0.2) is 39.1 Å². The summed E-state index contributed by atoms with van der Waals surface area (Å²) in [6.07, 6.45) is 0. The highest BCUT2D eigenvalue weighted by molar-refractivity contribution is 7.71. The van der Waals surface area contributed by atoms with Crippen LogP contribution in [0.1, 0.15) is 13.8 Å². The molecule has 6 heteroatoms. The molecular weight excluding hydrogens is 248 g/mol. The highest BCUT2D eigenvalue weighted by Gasteiger charge is 2.07. The molecule has 0 radical (unpaired) electrons. The molecule has 0 aliphatic carbocycles. The molecule has 2 aromatic heterocycles. The molecule has 2 N–H and O–H groups in total. The summed E-state index contributed by atoms with van der Waals surface area (Å²) in [7, 11) is 0. The smallest absolute Gasteiger partial charge is 0.327 e. The SMILES string of the molecule is CCN(CC)CCn1c(=O)[nH]c2ccc(=S)[nH]c21. The second-order valence-corrected chi connectivity index (χ2v) is 4.63. The molecule has 0 aromatic carbocycles. The van der Waals surface area contributed by atoms with Crippen molar-refractivity contribution in [2.24, 2.45) is 0 Å². The van der Waals surface area contributed by atoms with Crippen molar-refractivity contribution in [2.75, 3.05) is 19.6 Å². The summed E-state index contributed by atoms with van der Waals surface area (Å²) in [5.41, 5.74) is 1.49. The summed E-state index contributed by atoms with van der Waals surface area (Å²) < 4.78 is 2.35. The van der Waals surface area contributed by atoms with E-state index in [0.717, 1.165) is 30.8 Å². The Morgan fingerprint density at radius 1 is 1.28 bits per heavy atom. The first-order chi connectivity index (χ1) is 8.65. The third-order valence-electron chi connectivity index (χ3n) is 3.19. The van der Waals surface area contributed by atoms with Gasteiger partial charge < -0.3 is 14.9 Å². The highest BCUT2D eigenvalue weighted by atomic mass is 32.1. The Morgan fingerprint density at radius 2 is 2.00 bits per heavy atom. The molecule has 5 nitrogen and oxygen atoms in total. The normalized spacial score (nSPS) is 11.5. The number of likely N-dealkylation sites (N-methyl/N-ethyl adjacent to an activating group) is 1. The van der Waals surface area contributed by atoms with E-state index in [1.165, 1.54) is 0 Å². The van der Waals surface area contributed by atoms with E-state index >= 15 is 0 Å². The predicted octanol–water partition coefficient (Wildman–Crippen LogP) is 1.73. The zero-order valence-electron chi connectivity index (χ0n) is 10.7. The molecule has 0 bridgehead atoms. The number of nitrogens with zero attached hydrogens (tertiary/aromatic N) is 2. The van der Waals surface area contributed by atoms with Crippen molar-refractivity contribution in [3.8, 4) is 0 Å². The van der Waals surface area contributed by atoms with Crippen LogP contribution in [0.4, 0.5) is 0 Å². The fourth-order valence-corrected chi connectivity index (χ4v) is 2.22. The lowest BCUT2D eigenvalue weighted by atomic mass is 10.4. The van der Waals surface area contributed by atoms with Crippen LogP contribution in [0.3, 0.4) is 0 Å². The quantitative estimate of drug-likeness (QED) is 0.810. The maximum absolute atomic E-state index is 11.9. The van der Waals surface area contributed by atoms with Gasteiger partial charge in [-0.15, -0.1) is 0 Å². The Bertz CT molecular complexity index is 635. The van der Waals surface area contributed by atoms with Gasteiger partial charge in [0.1, 0.15) is 10.3 Å². The minimum atomic E-state index is -0.0889. The maximum Gasteiger partial charge on any atom is 0.327 e. The molecule has 98 valence electrons. The van der Waals surface area contributed by atoms with Gasteiger partial charge in [-0.1, -0.05) is 26.1 Å². The summed E-state index contributed by atoms with van der Waals surface area (Å²) in [4.78, 5) is 20.0. The lowest BCUT2D eigenvalue weighted by molar-refractivity contribution is 0.290. The molecule has 0 saturated heterocycles. The molecule has 2 rings (SSSR count). The van der Waals surface area contributed by atoms with Gasteiger partial charge >= 0.3 is 5.69 Å². The van der Waals surface area contributed by atoms with E-state index in [9.17, 15) is 4.79 Å². The molecule has 18 heavy (non-hydrogen) atoms. The number of imidazole rings is 1. The molecule has 0 atom stereocenters. The topological polar surface area (TPSA) is 56.8 Å². The largest absolute Gasteiger partial charge is 0.331 e. The van der Waals surface area contributed by atoms with Crippen molar-refractivity contribution in [3.05, 3.63) is 27.3 Å². The van der Waals surface area contributed by atoms with Crippen molar-refractivity contribution < 1.29 is 0 Å². The minimum Gasteiger partial charge on any atom is -0.331 e. The Labute approximate surface area is 110 Å². The summed E-state index contributed by atoms with van der Waals surface area (Å²) in [6, 6.07) is 3.62. The Hall–Kier alpha value is -1.40. The third-order valence-corrected chi connectivity index (χ3v) is 3.43. The highest BCUT2D eigenvalue weighted by Crippen LogP contribution is 2.06. The molecule has 2 heterocycles. The van der Waals surface area contributed by atoms with E-state index in [1.807, 2.05) is 6.07 Å². The van der Waals surface area contributed by atoms with Crippen molar-refractivity contribution in [1.29, 1.82) is 0 Å². The molecular formula is C12H18N4OS. The van der Waals surface area contributed by atoms with Crippen LogP contribution in [0.2, 0.25) is 0 Å². The van der Waals surface area contributed by atoms with Gasteiger partial charge in [0.05, 0.1) is 5.52 Å². The lowest BCUT2D eigenvalue weighted by Gasteiger charge is -2.17. The van der Waals surface area contributed by atoms with Gasteiger partial charge in [0.2, 0.25) is 0 Å². The molecule has 0 unspecified atom stereocenters. The fourth-order valence-electron chi connectivity index (χ4n) is 2.06. The van der Waals surface area contributed by atoms with Crippen molar-refractivity contribution in [1.82, 2.24) is 19.4 Å². The summed E-state index contributed by atoms with van der Waals surface area (Å²) in [6.45, 7) is 7.74. The number of aromatic nitrogens is 3. The van der Waals surface area contributed by atoms with Crippen molar-refractivity contribution in [2.45, 2.75) is 20.4 Å².